The molecule has 8 heteroatoms. The molecule has 0 spiro atoms. The van der Waals surface area contributed by atoms with Crippen LogP contribution in [0.5, 0.6) is 11.5 Å². The number of para-hydroxylation sites is 1. The van der Waals surface area contributed by atoms with E-state index in [1.165, 1.54) is 0 Å². The molecule has 5 rings (SSSR count). The van der Waals surface area contributed by atoms with Gasteiger partial charge >= 0.3 is 5.97 Å². The van der Waals surface area contributed by atoms with Crippen LogP contribution in [0.3, 0.4) is 0 Å². The zero-order chi connectivity index (χ0) is 23.5. The molecule has 0 saturated heterocycles. The fourth-order valence-electron chi connectivity index (χ4n) is 4.80. The zero-order valence-corrected chi connectivity index (χ0v) is 20.1. The molecular weight excluding hydrogens is 452 g/mol. The molecular formula is C26H28N2O5S. The van der Waals surface area contributed by atoms with Crippen LogP contribution in [0.2, 0.25) is 0 Å². The summed E-state index contributed by atoms with van der Waals surface area (Å²) in [6.07, 6.45) is 4.07. The van der Waals surface area contributed by atoms with Crippen molar-refractivity contribution >= 4 is 33.4 Å². The average molecular weight is 481 g/mol. The standard InChI is InChI=1S/C26H28N2O5S/c1-2-28(15-18-9-10-20-21(13-18)33-17-32-20)24(29)16-31-25(30)26(11-5-6-12-26)14-23-27-19-7-3-4-8-22(19)34-23/h3-4,7-10,13H,2,5-6,11-12,14-17H2,1H3. The van der Waals surface area contributed by atoms with E-state index in [-0.39, 0.29) is 25.3 Å². The lowest BCUT2D eigenvalue weighted by atomic mass is 9.83. The number of rotatable bonds is 8. The Hall–Kier alpha value is -3.13. The van der Waals surface area contributed by atoms with Crippen LogP contribution in [0.4, 0.5) is 0 Å². The van der Waals surface area contributed by atoms with Gasteiger partial charge in [-0.05, 0) is 49.6 Å². The third kappa shape index (κ3) is 4.59. The monoisotopic (exact) mass is 480 g/mol. The fourth-order valence-corrected chi connectivity index (χ4v) is 5.91. The number of esters is 1. The number of nitrogens with zero attached hydrogens (tertiary/aromatic N) is 2. The molecule has 1 saturated carbocycles. The third-order valence-corrected chi connectivity index (χ3v) is 7.73. The highest BCUT2D eigenvalue weighted by atomic mass is 32.1. The topological polar surface area (TPSA) is 78.0 Å². The number of carbonyl (C=O) groups excluding carboxylic acids is 2. The van der Waals surface area contributed by atoms with E-state index in [1.54, 1.807) is 16.2 Å². The number of hydrogen-bond donors (Lipinski definition) is 0. The summed E-state index contributed by atoms with van der Waals surface area (Å²) >= 11 is 1.63. The van der Waals surface area contributed by atoms with Crippen LogP contribution in [-0.2, 0) is 27.3 Å². The first kappa shape index (κ1) is 22.7. The summed E-state index contributed by atoms with van der Waals surface area (Å²) in [6, 6.07) is 13.7. The maximum absolute atomic E-state index is 13.2. The molecule has 0 bridgehead atoms. The fraction of sp³-hybridized carbons (Fsp3) is 0.423. The lowest BCUT2D eigenvalue weighted by Gasteiger charge is -2.27. The highest BCUT2D eigenvalue weighted by molar-refractivity contribution is 7.18. The molecule has 1 aliphatic heterocycles. The van der Waals surface area contributed by atoms with Gasteiger partial charge in [0.2, 0.25) is 6.79 Å². The normalized spacial score (nSPS) is 16.0. The number of amides is 1. The lowest BCUT2D eigenvalue weighted by molar-refractivity contribution is -0.161. The van der Waals surface area contributed by atoms with E-state index in [2.05, 4.69) is 0 Å². The largest absolute Gasteiger partial charge is 0.455 e. The van der Waals surface area contributed by atoms with Crippen LogP contribution < -0.4 is 9.47 Å². The number of hydrogen-bond acceptors (Lipinski definition) is 7. The smallest absolute Gasteiger partial charge is 0.313 e. The predicted octanol–water partition coefficient (Wildman–Crippen LogP) is 4.72. The first-order valence-electron chi connectivity index (χ1n) is 11.7. The van der Waals surface area contributed by atoms with Crippen LogP contribution >= 0.6 is 11.3 Å². The Morgan fingerprint density at radius 3 is 2.71 bits per heavy atom. The summed E-state index contributed by atoms with van der Waals surface area (Å²) in [5, 5.41) is 0.948. The van der Waals surface area contributed by atoms with Crippen LogP contribution in [0.25, 0.3) is 10.2 Å². The van der Waals surface area contributed by atoms with Gasteiger partial charge in [-0.3, -0.25) is 9.59 Å². The molecule has 1 fully saturated rings. The highest BCUT2D eigenvalue weighted by Gasteiger charge is 2.43. The van der Waals surface area contributed by atoms with Crippen molar-refractivity contribution in [3.63, 3.8) is 0 Å². The summed E-state index contributed by atoms with van der Waals surface area (Å²) in [7, 11) is 0. The maximum Gasteiger partial charge on any atom is 0.313 e. The van der Waals surface area contributed by atoms with Gasteiger partial charge in [0.15, 0.2) is 18.1 Å². The van der Waals surface area contributed by atoms with E-state index < -0.39 is 5.41 Å². The SMILES string of the molecule is CCN(Cc1ccc2c(c1)OCO2)C(=O)COC(=O)C1(Cc2nc3ccccc3s2)CCCC1. The van der Waals surface area contributed by atoms with Gasteiger partial charge in [-0.15, -0.1) is 11.3 Å². The van der Waals surface area contributed by atoms with Crippen LogP contribution in [0.1, 0.15) is 43.2 Å². The Bertz CT molecular complexity index is 1170. The third-order valence-electron chi connectivity index (χ3n) is 6.69. The second-order valence-corrected chi connectivity index (χ2v) is 10.0. The number of ether oxygens (including phenoxy) is 3. The van der Waals surface area contributed by atoms with Gasteiger partial charge < -0.3 is 19.1 Å². The number of aromatic nitrogens is 1. The molecule has 2 aromatic carbocycles. The summed E-state index contributed by atoms with van der Waals surface area (Å²) in [5.74, 6) is 0.908. The first-order chi connectivity index (χ1) is 16.6. The van der Waals surface area contributed by atoms with Gasteiger partial charge in [-0.25, -0.2) is 4.98 Å². The second kappa shape index (κ2) is 9.62. The minimum Gasteiger partial charge on any atom is -0.455 e. The van der Waals surface area contributed by atoms with Gasteiger partial charge in [0.25, 0.3) is 5.91 Å². The summed E-state index contributed by atoms with van der Waals surface area (Å²) in [4.78, 5) is 32.5. The summed E-state index contributed by atoms with van der Waals surface area (Å²) in [5.41, 5.74) is 1.30. The van der Waals surface area contributed by atoms with Crippen molar-refractivity contribution in [1.82, 2.24) is 9.88 Å². The molecule has 34 heavy (non-hydrogen) atoms. The molecule has 0 atom stereocenters. The first-order valence-corrected chi connectivity index (χ1v) is 12.6. The minimum atomic E-state index is -0.595. The minimum absolute atomic E-state index is 0.207. The van der Waals surface area contributed by atoms with Gasteiger partial charge in [-0.1, -0.05) is 31.0 Å². The molecule has 7 nitrogen and oxygen atoms in total. The maximum atomic E-state index is 13.2. The quantitative estimate of drug-likeness (QED) is 0.434. The van der Waals surface area contributed by atoms with E-state index in [1.807, 2.05) is 49.4 Å². The van der Waals surface area contributed by atoms with E-state index in [0.29, 0.717) is 31.0 Å². The molecule has 2 heterocycles. The Morgan fingerprint density at radius 1 is 1.12 bits per heavy atom. The zero-order valence-electron chi connectivity index (χ0n) is 19.2. The van der Waals surface area contributed by atoms with Crippen molar-refractivity contribution in [1.29, 1.82) is 0 Å². The Morgan fingerprint density at radius 2 is 1.91 bits per heavy atom. The van der Waals surface area contributed by atoms with Crippen molar-refractivity contribution in [2.75, 3.05) is 19.9 Å². The van der Waals surface area contributed by atoms with Crippen molar-refractivity contribution in [3.05, 3.63) is 53.0 Å². The molecule has 0 radical (unpaired) electrons. The van der Waals surface area contributed by atoms with Gasteiger partial charge in [-0.2, -0.15) is 0 Å². The van der Waals surface area contributed by atoms with E-state index in [0.717, 1.165) is 46.5 Å². The van der Waals surface area contributed by atoms with Crippen molar-refractivity contribution < 1.29 is 23.8 Å². The van der Waals surface area contributed by atoms with Crippen molar-refractivity contribution in [3.8, 4) is 11.5 Å². The summed E-state index contributed by atoms with van der Waals surface area (Å²) < 4.78 is 17.5. The number of fused-ring (bicyclic) bond motifs is 2. The molecule has 2 aliphatic rings. The number of thiazole rings is 1. The van der Waals surface area contributed by atoms with E-state index in [4.69, 9.17) is 19.2 Å². The van der Waals surface area contributed by atoms with E-state index >= 15 is 0 Å². The molecule has 1 amide bonds. The number of benzene rings is 2. The Labute approximate surface area is 202 Å². The molecule has 3 aromatic rings. The van der Waals surface area contributed by atoms with Crippen molar-refractivity contribution in [2.24, 2.45) is 5.41 Å². The Balaban J connectivity index is 1.22. The van der Waals surface area contributed by atoms with Gasteiger partial charge in [0.05, 0.1) is 20.6 Å². The van der Waals surface area contributed by atoms with Crippen molar-refractivity contribution in [2.45, 2.75) is 45.6 Å². The second-order valence-electron chi connectivity index (χ2n) is 8.91. The van der Waals surface area contributed by atoms with Crippen LogP contribution in [0.15, 0.2) is 42.5 Å². The Kier molecular flexibility index (Phi) is 6.41. The van der Waals surface area contributed by atoms with Gasteiger partial charge in [0, 0.05) is 19.5 Å². The molecule has 0 N–H and O–H groups in total. The molecule has 1 aliphatic carbocycles. The van der Waals surface area contributed by atoms with Crippen LogP contribution in [0, 0.1) is 5.41 Å². The summed E-state index contributed by atoms with van der Waals surface area (Å²) in [6.45, 7) is 2.81. The van der Waals surface area contributed by atoms with Crippen LogP contribution in [-0.4, -0.2) is 41.7 Å². The predicted molar refractivity (Wildman–Crippen MR) is 129 cm³/mol. The number of carbonyl (C=O) groups is 2. The molecule has 178 valence electrons. The highest BCUT2D eigenvalue weighted by Crippen LogP contribution is 2.43. The van der Waals surface area contributed by atoms with E-state index in [9.17, 15) is 9.59 Å². The number of likely N-dealkylation sites (N-methyl/N-ethyl adjacent to an activating group) is 1. The van der Waals surface area contributed by atoms with Gasteiger partial charge in [0.1, 0.15) is 0 Å². The molecule has 1 aromatic heterocycles. The average Bonchev–Trinajstić information content (AvgIpc) is 3.60. The lowest BCUT2D eigenvalue weighted by Crippen LogP contribution is -2.38. The molecule has 0 unspecified atom stereocenters.